The van der Waals surface area contributed by atoms with Crippen molar-refractivity contribution in [3.63, 3.8) is 0 Å². The van der Waals surface area contributed by atoms with Crippen LogP contribution < -0.4 is 24.4 Å². The SMILES string of the molecule is CCOc1cc(/C=C2/C(=O)NC(=S)N(c3ccc(OC)cc3)C2=O)cc(I)c1OC(C)=O. The zero-order chi connectivity index (χ0) is 23.4. The van der Waals surface area contributed by atoms with Crippen LogP contribution in [0.1, 0.15) is 19.4 Å². The lowest BCUT2D eigenvalue weighted by Gasteiger charge is -2.29. The van der Waals surface area contributed by atoms with E-state index < -0.39 is 17.8 Å². The largest absolute Gasteiger partial charge is 0.497 e. The summed E-state index contributed by atoms with van der Waals surface area (Å²) in [5.74, 6) is -0.437. The molecule has 2 amide bonds. The number of rotatable bonds is 6. The van der Waals surface area contributed by atoms with Crippen LogP contribution in [0.4, 0.5) is 5.69 Å². The zero-order valence-electron chi connectivity index (χ0n) is 17.4. The van der Waals surface area contributed by atoms with Gasteiger partial charge >= 0.3 is 5.97 Å². The minimum atomic E-state index is -0.609. The Morgan fingerprint density at radius 2 is 1.91 bits per heavy atom. The summed E-state index contributed by atoms with van der Waals surface area (Å²) in [6.45, 7) is 3.42. The van der Waals surface area contributed by atoms with Gasteiger partial charge in [-0.3, -0.25) is 24.6 Å². The number of halogens is 1. The maximum atomic E-state index is 13.2. The number of thiocarbonyl (C=S) groups is 1. The van der Waals surface area contributed by atoms with Crippen LogP contribution >= 0.6 is 34.8 Å². The van der Waals surface area contributed by atoms with E-state index in [0.29, 0.717) is 32.9 Å². The van der Waals surface area contributed by atoms with Gasteiger partial charge in [0.1, 0.15) is 11.3 Å². The number of ether oxygens (including phenoxy) is 3. The summed E-state index contributed by atoms with van der Waals surface area (Å²) in [7, 11) is 1.54. The molecule has 1 saturated heterocycles. The second kappa shape index (κ2) is 10.1. The predicted octanol–water partition coefficient (Wildman–Crippen LogP) is 3.46. The molecule has 0 spiro atoms. The molecule has 0 aromatic heterocycles. The van der Waals surface area contributed by atoms with Crippen molar-refractivity contribution < 1.29 is 28.6 Å². The average molecular weight is 566 g/mol. The molecule has 32 heavy (non-hydrogen) atoms. The second-order valence-corrected chi connectivity index (χ2v) is 8.06. The fourth-order valence-corrected chi connectivity index (χ4v) is 3.98. The van der Waals surface area contributed by atoms with Gasteiger partial charge in [-0.2, -0.15) is 0 Å². The van der Waals surface area contributed by atoms with Crippen LogP contribution in [0.2, 0.25) is 0 Å². The van der Waals surface area contributed by atoms with Gasteiger partial charge in [0.15, 0.2) is 16.6 Å². The van der Waals surface area contributed by atoms with Crippen molar-refractivity contribution in [1.29, 1.82) is 0 Å². The summed E-state index contributed by atoms with van der Waals surface area (Å²) < 4.78 is 16.6. The van der Waals surface area contributed by atoms with Crippen molar-refractivity contribution in [2.24, 2.45) is 0 Å². The number of methoxy groups -OCH3 is 1. The Hall–Kier alpha value is -2.99. The number of benzene rings is 2. The van der Waals surface area contributed by atoms with E-state index in [0.717, 1.165) is 0 Å². The lowest BCUT2D eigenvalue weighted by Crippen LogP contribution is -2.54. The van der Waals surface area contributed by atoms with Crippen LogP contribution in [0.3, 0.4) is 0 Å². The maximum absolute atomic E-state index is 13.2. The van der Waals surface area contributed by atoms with Crippen LogP contribution in [-0.2, 0) is 14.4 Å². The number of anilines is 1. The Labute approximate surface area is 203 Å². The number of amides is 2. The number of hydrogen-bond acceptors (Lipinski definition) is 7. The minimum absolute atomic E-state index is 0.0166. The molecule has 0 bridgehead atoms. The van der Waals surface area contributed by atoms with Crippen molar-refractivity contribution in [3.05, 3.63) is 51.1 Å². The molecule has 2 aromatic carbocycles. The molecule has 166 valence electrons. The molecule has 0 atom stereocenters. The highest BCUT2D eigenvalue weighted by molar-refractivity contribution is 14.1. The third kappa shape index (κ3) is 5.07. The van der Waals surface area contributed by atoms with E-state index in [-0.39, 0.29) is 16.4 Å². The summed E-state index contributed by atoms with van der Waals surface area (Å²) in [5.41, 5.74) is 0.907. The van der Waals surface area contributed by atoms with E-state index in [4.69, 9.17) is 26.4 Å². The Balaban J connectivity index is 2.02. The highest BCUT2D eigenvalue weighted by atomic mass is 127. The normalized spacial score (nSPS) is 14.9. The zero-order valence-corrected chi connectivity index (χ0v) is 20.4. The van der Waals surface area contributed by atoms with E-state index in [1.54, 1.807) is 43.3 Å². The van der Waals surface area contributed by atoms with E-state index in [9.17, 15) is 14.4 Å². The summed E-state index contributed by atoms with van der Waals surface area (Å²) in [6, 6.07) is 10.00. The van der Waals surface area contributed by atoms with Gasteiger partial charge in [0.2, 0.25) is 0 Å². The fraction of sp³-hybridized carbons (Fsp3) is 0.182. The molecule has 1 fully saturated rings. The summed E-state index contributed by atoms with van der Waals surface area (Å²) in [6.07, 6.45) is 1.44. The van der Waals surface area contributed by atoms with Crippen LogP contribution in [0.5, 0.6) is 17.2 Å². The van der Waals surface area contributed by atoms with Gasteiger partial charge in [-0.05, 0) is 89.8 Å². The molecule has 0 radical (unpaired) electrons. The third-order valence-electron chi connectivity index (χ3n) is 4.32. The Bertz CT molecular complexity index is 1130. The first kappa shape index (κ1) is 23.7. The van der Waals surface area contributed by atoms with E-state index in [2.05, 4.69) is 5.32 Å². The smallest absolute Gasteiger partial charge is 0.308 e. The standard InChI is InChI=1S/C22H19IN2O6S/c1-4-30-18-11-13(10-17(23)19(18)31-12(2)26)9-16-20(27)24-22(32)25(21(16)28)14-5-7-15(29-3)8-6-14/h5-11H,4H2,1-3H3,(H,24,27,32)/b16-9-. The number of esters is 1. The van der Waals surface area contributed by atoms with Crippen LogP contribution in [0.25, 0.3) is 6.08 Å². The molecular weight excluding hydrogens is 547 g/mol. The van der Waals surface area contributed by atoms with Gasteiger partial charge in [0.05, 0.1) is 23.0 Å². The predicted molar refractivity (Wildman–Crippen MR) is 131 cm³/mol. The topological polar surface area (TPSA) is 94.2 Å². The number of nitrogens with one attached hydrogen (secondary N) is 1. The Kier molecular flexibility index (Phi) is 7.46. The molecule has 0 aliphatic carbocycles. The highest BCUT2D eigenvalue weighted by Crippen LogP contribution is 2.35. The number of carbonyl (C=O) groups is 3. The van der Waals surface area contributed by atoms with Gasteiger partial charge in [-0.25, -0.2) is 0 Å². The van der Waals surface area contributed by atoms with Crippen molar-refractivity contribution in [2.75, 3.05) is 18.6 Å². The summed E-state index contributed by atoms with van der Waals surface area (Å²) >= 11 is 7.22. The van der Waals surface area contributed by atoms with Gasteiger partial charge in [0, 0.05) is 6.92 Å². The molecule has 1 heterocycles. The Morgan fingerprint density at radius 3 is 2.50 bits per heavy atom. The van der Waals surface area contributed by atoms with Crippen LogP contribution in [-0.4, -0.2) is 36.6 Å². The maximum Gasteiger partial charge on any atom is 0.308 e. The molecule has 0 saturated carbocycles. The van der Waals surface area contributed by atoms with E-state index in [1.165, 1.54) is 25.0 Å². The molecule has 0 unspecified atom stereocenters. The van der Waals surface area contributed by atoms with Gasteiger partial charge in [-0.15, -0.1) is 0 Å². The minimum Gasteiger partial charge on any atom is -0.497 e. The summed E-state index contributed by atoms with van der Waals surface area (Å²) in [5, 5.41) is 2.53. The van der Waals surface area contributed by atoms with Crippen molar-refractivity contribution in [1.82, 2.24) is 5.32 Å². The molecule has 8 nitrogen and oxygen atoms in total. The fourth-order valence-electron chi connectivity index (χ4n) is 2.97. The van der Waals surface area contributed by atoms with E-state index >= 15 is 0 Å². The molecule has 1 N–H and O–H groups in total. The first-order valence-electron chi connectivity index (χ1n) is 9.45. The molecule has 1 aliphatic heterocycles. The third-order valence-corrected chi connectivity index (χ3v) is 5.41. The van der Waals surface area contributed by atoms with Crippen molar-refractivity contribution in [3.8, 4) is 17.2 Å². The lowest BCUT2D eigenvalue weighted by atomic mass is 10.1. The van der Waals surface area contributed by atoms with Gasteiger partial charge in [-0.1, -0.05) is 0 Å². The van der Waals surface area contributed by atoms with Crippen molar-refractivity contribution >= 4 is 69.5 Å². The Morgan fingerprint density at radius 1 is 1.22 bits per heavy atom. The monoisotopic (exact) mass is 566 g/mol. The van der Waals surface area contributed by atoms with Crippen LogP contribution in [0, 0.1) is 3.57 Å². The average Bonchev–Trinajstić information content (AvgIpc) is 2.74. The van der Waals surface area contributed by atoms with Crippen molar-refractivity contribution in [2.45, 2.75) is 13.8 Å². The highest BCUT2D eigenvalue weighted by Gasteiger charge is 2.34. The molecule has 1 aliphatic rings. The first-order valence-corrected chi connectivity index (χ1v) is 10.9. The van der Waals surface area contributed by atoms with Gasteiger partial charge in [0.25, 0.3) is 11.8 Å². The molecule has 3 rings (SSSR count). The molecule has 10 heteroatoms. The quantitative estimate of drug-likeness (QED) is 0.143. The van der Waals surface area contributed by atoms with Gasteiger partial charge < -0.3 is 14.2 Å². The molecule has 2 aromatic rings. The summed E-state index contributed by atoms with van der Waals surface area (Å²) in [4.78, 5) is 38.4. The first-order chi connectivity index (χ1) is 15.2. The lowest BCUT2D eigenvalue weighted by molar-refractivity contribution is -0.132. The second-order valence-electron chi connectivity index (χ2n) is 6.51. The number of nitrogens with zero attached hydrogens (tertiary/aromatic N) is 1. The van der Waals surface area contributed by atoms with E-state index in [1.807, 2.05) is 22.6 Å². The molecular formula is C22H19IN2O6S. The van der Waals surface area contributed by atoms with Crippen LogP contribution in [0.15, 0.2) is 42.0 Å². The number of carbonyl (C=O) groups excluding carboxylic acids is 3. The number of hydrogen-bond donors (Lipinski definition) is 1.